The van der Waals surface area contributed by atoms with Crippen LogP contribution in [0.25, 0.3) is 0 Å². The Balaban J connectivity index is 1.66. The second-order valence-electron chi connectivity index (χ2n) is 13.0. The predicted molar refractivity (Wildman–Crippen MR) is 162 cm³/mol. The number of aliphatic hydroxyl groups excluding tert-OH is 2. The molecule has 224 valence electrons. The highest BCUT2D eigenvalue weighted by Crippen LogP contribution is 2.28. The smallest absolute Gasteiger partial charge is 0.331 e. The van der Waals surface area contributed by atoms with Crippen molar-refractivity contribution in [3.8, 4) is 11.5 Å². The van der Waals surface area contributed by atoms with Crippen molar-refractivity contribution in [1.29, 1.82) is 0 Å². The van der Waals surface area contributed by atoms with Crippen LogP contribution >= 0.6 is 0 Å². The topological polar surface area (TPSA) is 103 Å². The number of benzene rings is 2. The average molecular weight is 567 g/mol. The molecule has 1 aromatic heterocycles. The van der Waals surface area contributed by atoms with Crippen LogP contribution in [0.5, 0.6) is 11.5 Å². The Morgan fingerprint density at radius 1 is 0.683 bits per heavy atom. The molecule has 2 N–H and O–H groups in total. The van der Waals surface area contributed by atoms with E-state index in [1.54, 1.807) is 6.92 Å². The Bertz CT molecular complexity index is 1470. The maximum Gasteiger partial charge on any atom is 0.331 e. The number of aliphatic hydroxyl groups is 2. The summed E-state index contributed by atoms with van der Waals surface area (Å²) in [4.78, 5) is 25.9. The summed E-state index contributed by atoms with van der Waals surface area (Å²) in [6, 6.07) is 13.2. The molecule has 0 bridgehead atoms. The Labute approximate surface area is 243 Å². The SMILES string of the molecule is Cc1cc(C(C)(C)C)ccc1OC[C@@H](O)Cn1c(C)cc(=O)n(C[C@H](O)COc2ccc(C(C)(C)C)cc2C)c1=O. The van der Waals surface area contributed by atoms with Crippen molar-refractivity contribution in [2.45, 2.75) is 98.4 Å². The summed E-state index contributed by atoms with van der Waals surface area (Å²) in [6.07, 6.45) is -2.09. The van der Waals surface area contributed by atoms with Crippen LogP contribution in [0, 0.1) is 20.8 Å². The summed E-state index contributed by atoms with van der Waals surface area (Å²) in [5, 5.41) is 21.3. The van der Waals surface area contributed by atoms with E-state index in [4.69, 9.17) is 9.47 Å². The first-order valence-electron chi connectivity index (χ1n) is 14.1. The fourth-order valence-electron chi connectivity index (χ4n) is 4.57. The molecule has 0 saturated carbocycles. The maximum atomic E-state index is 13.2. The fraction of sp³-hybridized carbons (Fsp3) is 0.515. The fourth-order valence-corrected chi connectivity index (χ4v) is 4.57. The van der Waals surface area contributed by atoms with Crippen LogP contribution in [0.1, 0.15) is 69.5 Å². The molecule has 2 aromatic carbocycles. The molecule has 3 aromatic rings. The molecule has 3 rings (SSSR count). The highest BCUT2D eigenvalue weighted by molar-refractivity contribution is 5.39. The third-order valence-corrected chi connectivity index (χ3v) is 7.22. The Morgan fingerprint density at radius 2 is 1.10 bits per heavy atom. The van der Waals surface area contributed by atoms with E-state index >= 15 is 0 Å². The lowest BCUT2D eigenvalue weighted by atomic mass is 9.86. The van der Waals surface area contributed by atoms with Gasteiger partial charge < -0.3 is 19.7 Å². The van der Waals surface area contributed by atoms with E-state index in [9.17, 15) is 19.8 Å². The number of ether oxygens (including phenoxy) is 2. The number of hydrogen-bond donors (Lipinski definition) is 2. The van der Waals surface area contributed by atoms with Gasteiger partial charge in [0.2, 0.25) is 0 Å². The van der Waals surface area contributed by atoms with Crippen molar-refractivity contribution >= 4 is 0 Å². The molecule has 0 unspecified atom stereocenters. The molecule has 0 fully saturated rings. The molecule has 0 saturated heterocycles. The van der Waals surface area contributed by atoms with Crippen LogP contribution < -0.4 is 20.7 Å². The predicted octanol–water partition coefficient (Wildman–Crippen LogP) is 4.41. The average Bonchev–Trinajstić information content (AvgIpc) is 2.86. The van der Waals surface area contributed by atoms with Gasteiger partial charge in [0.15, 0.2) is 0 Å². The summed E-state index contributed by atoms with van der Waals surface area (Å²) in [5.41, 5.74) is 3.58. The minimum absolute atomic E-state index is 0.00561. The molecule has 0 aliphatic carbocycles. The Morgan fingerprint density at radius 3 is 1.49 bits per heavy atom. The first-order valence-corrected chi connectivity index (χ1v) is 14.1. The van der Waals surface area contributed by atoms with Crippen LogP contribution in [-0.2, 0) is 23.9 Å². The van der Waals surface area contributed by atoms with Crippen LogP contribution in [0.2, 0.25) is 0 Å². The molecular weight excluding hydrogens is 520 g/mol. The Hall–Kier alpha value is -3.36. The van der Waals surface area contributed by atoms with Gasteiger partial charge >= 0.3 is 5.69 Å². The third kappa shape index (κ3) is 8.33. The number of nitrogens with zero attached hydrogens (tertiary/aromatic N) is 2. The van der Waals surface area contributed by atoms with Gasteiger partial charge in [-0.05, 0) is 66.0 Å². The number of aromatic nitrogens is 2. The van der Waals surface area contributed by atoms with E-state index in [0.29, 0.717) is 17.2 Å². The summed E-state index contributed by atoms with van der Waals surface area (Å²) in [7, 11) is 0. The molecule has 8 heteroatoms. The monoisotopic (exact) mass is 566 g/mol. The lowest BCUT2D eigenvalue weighted by molar-refractivity contribution is 0.0836. The standard InChI is InChI=1S/C33H46N2O6/c1-21-14-24(32(4,5)6)10-12-28(21)40-19-26(36)17-34-23(3)16-30(38)35(31(34)39)18-27(37)20-41-29-13-11-25(15-22(29)2)33(7,8)9/h10-16,26-27,36-37H,17-20H2,1-9H3/t26-,27-/m0/s1. The number of rotatable bonds is 10. The van der Waals surface area contributed by atoms with Gasteiger partial charge in [-0.25, -0.2) is 4.79 Å². The summed E-state index contributed by atoms with van der Waals surface area (Å²) >= 11 is 0. The van der Waals surface area contributed by atoms with Gasteiger partial charge in [-0.15, -0.1) is 0 Å². The van der Waals surface area contributed by atoms with E-state index in [0.717, 1.165) is 15.7 Å². The third-order valence-electron chi connectivity index (χ3n) is 7.22. The van der Waals surface area contributed by atoms with Crippen molar-refractivity contribution in [1.82, 2.24) is 9.13 Å². The minimum atomic E-state index is -1.09. The van der Waals surface area contributed by atoms with Gasteiger partial charge in [0, 0.05) is 11.8 Å². The van der Waals surface area contributed by atoms with Crippen LogP contribution in [0.4, 0.5) is 0 Å². The van der Waals surface area contributed by atoms with Crippen LogP contribution in [0.3, 0.4) is 0 Å². The molecule has 0 aliphatic heterocycles. The van der Waals surface area contributed by atoms with Crippen molar-refractivity contribution < 1.29 is 19.7 Å². The van der Waals surface area contributed by atoms with Gasteiger partial charge in [0.25, 0.3) is 5.56 Å². The van der Waals surface area contributed by atoms with Gasteiger partial charge in [-0.3, -0.25) is 13.9 Å². The second-order valence-corrected chi connectivity index (χ2v) is 13.0. The lowest BCUT2D eigenvalue weighted by Gasteiger charge is -2.22. The summed E-state index contributed by atoms with van der Waals surface area (Å²) < 4.78 is 14.0. The minimum Gasteiger partial charge on any atom is -0.491 e. The summed E-state index contributed by atoms with van der Waals surface area (Å²) in [6.45, 7) is 18.0. The van der Waals surface area contributed by atoms with Crippen LogP contribution in [0.15, 0.2) is 52.1 Å². The first kappa shape index (κ1) is 32.2. The molecule has 41 heavy (non-hydrogen) atoms. The van der Waals surface area contributed by atoms with Gasteiger partial charge in [-0.1, -0.05) is 65.8 Å². The quantitative estimate of drug-likeness (QED) is 0.377. The van der Waals surface area contributed by atoms with Crippen molar-refractivity contribution in [2.75, 3.05) is 13.2 Å². The van der Waals surface area contributed by atoms with E-state index in [2.05, 4.69) is 53.7 Å². The molecule has 0 spiro atoms. The van der Waals surface area contributed by atoms with Crippen molar-refractivity contribution in [3.05, 3.63) is 91.3 Å². The molecule has 0 radical (unpaired) electrons. The molecule has 0 aliphatic rings. The first-order chi connectivity index (χ1) is 19.0. The lowest BCUT2D eigenvalue weighted by Crippen LogP contribution is -2.45. The molecule has 2 atom stereocenters. The molecule has 1 heterocycles. The summed E-state index contributed by atoms with van der Waals surface area (Å²) in [5.74, 6) is 1.30. The maximum absolute atomic E-state index is 13.2. The molecule has 8 nitrogen and oxygen atoms in total. The van der Waals surface area contributed by atoms with E-state index in [1.165, 1.54) is 21.8 Å². The Kier molecular flexibility index (Phi) is 9.93. The zero-order chi connectivity index (χ0) is 30.7. The van der Waals surface area contributed by atoms with E-state index in [-0.39, 0.29) is 37.1 Å². The zero-order valence-corrected chi connectivity index (χ0v) is 25.9. The van der Waals surface area contributed by atoms with Crippen molar-refractivity contribution in [3.63, 3.8) is 0 Å². The zero-order valence-electron chi connectivity index (χ0n) is 25.9. The highest BCUT2D eigenvalue weighted by atomic mass is 16.5. The van der Waals surface area contributed by atoms with E-state index < -0.39 is 23.5 Å². The highest BCUT2D eigenvalue weighted by Gasteiger charge is 2.19. The van der Waals surface area contributed by atoms with Gasteiger partial charge in [0.05, 0.1) is 13.1 Å². The molecule has 0 amide bonds. The number of hydrogen-bond acceptors (Lipinski definition) is 6. The number of aryl methyl sites for hydroxylation is 3. The van der Waals surface area contributed by atoms with Crippen LogP contribution in [-0.4, -0.2) is 44.8 Å². The van der Waals surface area contributed by atoms with E-state index in [1.807, 2.05) is 38.1 Å². The van der Waals surface area contributed by atoms with Gasteiger partial charge in [0.1, 0.15) is 36.9 Å². The largest absolute Gasteiger partial charge is 0.491 e. The second kappa shape index (κ2) is 12.7. The normalized spacial score (nSPS) is 13.6. The van der Waals surface area contributed by atoms with Crippen molar-refractivity contribution in [2.24, 2.45) is 0 Å². The van der Waals surface area contributed by atoms with Gasteiger partial charge in [-0.2, -0.15) is 0 Å². The molecular formula is C33H46N2O6.